The zero-order valence-corrected chi connectivity index (χ0v) is 14.3. The highest BCUT2D eigenvalue weighted by Gasteiger charge is 2.51. The van der Waals surface area contributed by atoms with Gasteiger partial charge in [0.2, 0.25) is 0 Å². The SMILES string of the molecule is CO[C@@H]1O[C@H](CBr)[C@H](OC(C)=O)[C@H](OC(C)=O)[C@H]1OC(C)=O. The number of methoxy groups -OCH3 is 1. The minimum atomic E-state index is -1.05. The van der Waals surface area contributed by atoms with Gasteiger partial charge in [0.05, 0.1) is 0 Å². The van der Waals surface area contributed by atoms with Crippen molar-refractivity contribution in [3.05, 3.63) is 0 Å². The molecule has 0 aliphatic carbocycles. The topological polar surface area (TPSA) is 97.4 Å². The minimum absolute atomic E-state index is 0.301. The van der Waals surface area contributed by atoms with Crippen molar-refractivity contribution in [1.82, 2.24) is 0 Å². The number of rotatable bonds is 5. The standard InChI is InChI=1S/C13H19BrO8/c1-6(15)19-10-9(5-14)22-13(18-4)12(21-8(3)17)11(10)20-7(2)16/h9-13H,5H2,1-4H3/t9-,10+,11+,12-,13-/m1/s1. The average Bonchev–Trinajstić information content (AvgIpc) is 2.41. The molecule has 1 rings (SSSR count). The third-order valence-corrected chi connectivity index (χ3v) is 3.52. The van der Waals surface area contributed by atoms with E-state index in [1.807, 2.05) is 0 Å². The molecule has 0 unspecified atom stereocenters. The van der Waals surface area contributed by atoms with Gasteiger partial charge in [-0.25, -0.2) is 0 Å². The molecular weight excluding hydrogens is 364 g/mol. The van der Waals surface area contributed by atoms with Crippen LogP contribution in [0.15, 0.2) is 0 Å². The van der Waals surface area contributed by atoms with Gasteiger partial charge in [0.1, 0.15) is 6.10 Å². The molecular formula is C13H19BrO8. The first kappa shape index (κ1) is 18.9. The Morgan fingerprint density at radius 3 is 1.77 bits per heavy atom. The molecule has 0 spiro atoms. The highest BCUT2D eigenvalue weighted by Crippen LogP contribution is 2.29. The molecule has 0 saturated carbocycles. The molecule has 0 radical (unpaired) electrons. The monoisotopic (exact) mass is 382 g/mol. The Morgan fingerprint density at radius 1 is 0.909 bits per heavy atom. The number of carbonyl (C=O) groups excluding carboxylic acids is 3. The maximum Gasteiger partial charge on any atom is 0.303 e. The molecule has 5 atom stereocenters. The van der Waals surface area contributed by atoms with E-state index in [4.69, 9.17) is 23.7 Å². The fourth-order valence-corrected chi connectivity index (χ4v) is 2.69. The summed E-state index contributed by atoms with van der Waals surface area (Å²) in [5, 5.41) is 0.301. The van der Waals surface area contributed by atoms with Crippen LogP contribution in [0.3, 0.4) is 0 Å². The van der Waals surface area contributed by atoms with Gasteiger partial charge in [-0.2, -0.15) is 0 Å². The van der Waals surface area contributed by atoms with Gasteiger partial charge in [-0.15, -0.1) is 0 Å². The van der Waals surface area contributed by atoms with Crippen molar-refractivity contribution in [3.8, 4) is 0 Å². The summed E-state index contributed by atoms with van der Waals surface area (Å²) in [5.74, 6) is -1.79. The Labute approximate surface area is 136 Å². The average molecular weight is 383 g/mol. The number of halogens is 1. The summed E-state index contributed by atoms with van der Waals surface area (Å²) in [5.41, 5.74) is 0. The molecule has 1 fully saturated rings. The molecule has 0 bridgehead atoms. The number of esters is 3. The maximum absolute atomic E-state index is 11.4. The van der Waals surface area contributed by atoms with Gasteiger partial charge < -0.3 is 23.7 Å². The van der Waals surface area contributed by atoms with Crippen molar-refractivity contribution < 1.29 is 38.1 Å². The Hall–Kier alpha value is -1.19. The van der Waals surface area contributed by atoms with E-state index in [1.165, 1.54) is 27.9 Å². The number of ether oxygens (including phenoxy) is 5. The molecule has 126 valence electrons. The minimum Gasteiger partial charge on any atom is -0.456 e. The van der Waals surface area contributed by atoms with Crippen molar-refractivity contribution >= 4 is 33.8 Å². The van der Waals surface area contributed by atoms with Gasteiger partial charge in [0, 0.05) is 33.2 Å². The van der Waals surface area contributed by atoms with Crippen LogP contribution >= 0.6 is 15.9 Å². The Morgan fingerprint density at radius 2 is 1.36 bits per heavy atom. The second-order valence-corrected chi connectivity index (χ2v) is 5.30. The third-order valence-electron chi connectivity index (χ3n) is 2.88. The molecule has 0 aromatic heterocycles. The molecule has 1 aliphatic heterocycles. The normalized spacial score (nSPS) is 31.2. The zero-order chi connectivity index (χ0) is 16.9. The highest BCUT2D eigenvalue weighted by molar-refractivity contribution is 9.09. The lowest BCUT2D eigenvalue weighted by Crippen LogP contribution is -2.62. The van der Waals surface area contributed by atoms with E-state index in [-0.39, 0.29) is 0 Å². The van der Waals surface area contributed by atoms with Crippen LogP contribution in [0.4, 0.5) is 0 Å². The van der Waals surface area contributed by atoms with E-state index >= 15 is 0 Å². The van der Waals surface area contributed by atoms with Crippen molar-refractivity contribution in [2.75, 3.05) is 12.4 Å². The Kier molecular flexibility index (Phi) is 7.24. The molecule has 0 amide bonds. The second-order valence-electron chi connectivity index (χ2n) is 4.66. The fourth-order valence-electron chi connectivity index (χ4n) is 2.17. The van der Waals surface area contributed by atoms with Crippen molar-refractivity contribution in [2.45, 2.75) is 51.5 Å². The van der Waals surface area contributed by atoms with Crippen LogP contribution in [-0.4, -0.2) is 61.1 Å². The van der Waals surface area contributed by atoms with E-state index in [0.717, 1.165) is 0 Å². The Balaban J connectivity index is 3.14. The molecule has 1 saturated heterocycles. The largest absolute Gasteiger partial charge is 0.456 e. The number of hydrogen-bond donors (Lipinski definition) is 0. The molecule has 9 heteroatoms. The summed E-state index contributed by atoms with van der Waals surface area (Å²) < 4.78 is 26.3. The smallest absolute Gasteiger partial charge is 0.303 e. The molecule has 22 heavy (non-hydrogen) atoms. The lowest BCUT2D eigenvalue weighted by atomic mass is 9.99. The number of alkyl halides is 1. The van der Waals surface area contributed by atoms with Crippen molar-refractivity contribution in [2.24, 2.45) is 0 Å². The molecule has 0 aromatic carbocycles. The quantitative estimate of drug-likeness (QED) is 0.386. The second kappa shape index (κ2) is 8.44. The van der Waals surface area contributed by atoms with Crippen molar-refractivity contribution in [1.29, 1.82) is 0 Å². The molecule has 0 N–H and O–H groups in total. The summed E-state index contributed by atoms with van der Waals surface area (Å²) in [7, 11) is 1.36. The van der Waals surface area contributed by atoms with Crippen LogP contribution in [0.25, 0.3) is 0 Å². The third kappa shape index (κ3) is 4.92. The lowest BCUT2D eigenvalue weighted by molar-refractivity contribution is -0.293. The van der Waals surface area contributed by atoms with Crippen LogP contribution in [-0.2, 0) is 38.1 Å². The molecule has 1 heterocycles. The first-order chi connectivity index (χ1) is 10.3. The Bertz CT molecular complexity index is 396. The molecule has 8 nitrogen and oxygen atoms in total. The molecule has 0 aromatic rings. The van der Waals surface area contributed by atoms with Crippen LogP contribution in [0.5, 0.6) is 0 Å². The highest BCUT2D eigenvalue weighted by atomic mass is 79.9. The van der Waals surface area contributed by atoms with Crippen LogP contribution in [0.1, 0.15) is 20.8 Å². The predicted octanol–water partition coefficient (Wildman–Crippen LogP) is 0.548. The summed E-state index contributed by atoms with van der Waals surface area (Å²) in [6, 6.07) is 0. The van der Waals surface area contributed by atoms with Gasteiger partial charge >= 0.3 is 17.9 Å². The summed E-state index contributed by atoms with van der Waals surface area (Å²) in [4.78, 5) is 34.0. The summed E-state index contributed by atoms with van der Waals surface area (Å²) in [6.45, 7) is 3.63. The lowest BCUT2D eigenvalue weighted by Gasteiger charge is -2.43. The maximum atomic E-state index is 11.4. The molecule has 1 aliphatic rings. The van der Waals surface area contributed by atoms with E-state index in [2.05, 4.69) is 15.9 Å². The predicted molar refractivity (Wildman–Crippen MR) is 76.1 cm³/mol. The summed E-state index contributed by atoms with van der Waals surface area (Å²) >= 11 is 3.24. The number of carbonyl (C=O) groups is 3. The van der Waals surface area contributed by atoms with Crippen LogP contribution in [0, 0.1) is 0 Å². The van der Waals surface area contributed by atoms with Gasteiger partial charge in [0.25, 0.3) is 0 Å². The van der Waals surface area contributed by atoms with E-state index in [1.54, 1.807) is 0 Å². The van der Waals surface area contributed by atoms with Crippen LogP contribution < -0.4 is 0 Å². The van der Waals surface area contributed by atoms with E-state index in [9.17, 15) is 14.4 Å². The van der Waals surface area contributed by atoms with Gasteiger partial charge in [-0.05, 0) is 0 Å². The van der Waals surface area contributed by atoms with Gasteiger partial charge in [-0.1, -0.05) is 15.9 Å². The van der Waals surface area contributed by atoms with Crippen molar-refractivity contribution in [3.63, 3.8) is 0 Å². The van der Waals surface area contributed by atoms with Gasteiger partial charge in [0.15, 0.2) is 24.6 Å². The van der Waals surface area contributed by atoms with E-state index < -0.39 is 48.6 Å². The summed E-state index contributed by atoms with van der Waals surface area (Å²) in [6.07, 6.45) is -4.61. The first-order valence-corrected chi connectivity index (χ1v) is 7.68. The first-order valence-electron chi connectivity index (χ1n) is 6.56. The fraction of sp³-hybridized carbons (Fsp3) is 0.769. The van der Waals surface area contributed by atoms with E-state index in [0.29, 0.717) is 5.33 Å². The van der Waals surface area contributed by atoms with Gasteiger partial charge in [-0.3, -0.25) is 14.4 Å². The number of hydrogen-bond acceptors (Lipinski definition) is 8. The van der Waals surface area contributed by atoms with Crippen LogP contribution in [0.2, 0.25) is 0 Å². The zero-order valence-electron chi connectivity index (χ0n) is 12.7.